The van der Waals surface area contributed by atoms with E-state index in [0.29, 0.717) is 0 Å². The largest absolute Gasteiger partial charge is 0.378 e. The van der Waals surface area contributed by atoms with Crippen LogP contribution < -0.4 is 9.80 Å². The number of anilines is 2. The molecule has 25 heavy (non-hydrogen) atoms. The molecule has 0 amide bonds. The molecule has 3 aromatic rings. The summed E-state index contributed by atoms with van der Waals surface area (Å²) < 4.78 is 0. The summed E-state index contributed by atoms with van der Waals surface area (Å²) in [5.41, 5.74) is 7.72. The summed E-state index contributed by atoms with van der Waals surface area (Å²) in [6.07, 6.45) is 0.938. The van der Waals surface area contributed by atoms with Gasteiger partial charge in [-0.05, 0) is 52.9 Å². The Hall–Kier alpha value is -2.74. The minimum atomic E-state index is 0.938. The van der Waals surface area contributed by atoms with Crippen molar-refractivity contribution in [2.24, 2.45) is 0 Å². The molecule has 2 nitrogen and oxygen atoms in total. The number of hydrogen-bond donors (Lipinski definition) is 0. The van der Waals surface area contributed by atoms with Gasteiger partial charge in [-0.25, -0.2) is 0 Å². The monoisotopic (exact) mass is 330 g/mol. The quantitative estimate of drug-likeness (QED) is 0.644. The first kappa shape index (κ1) is 17.1. The first-order chi connectivity index (χ1) is 12.0. The van der Waals surface area contributed by atoms with E-state index in [1.807, 2.05) is 0 Å². The summed E-state index contributed by atoms with van der Waals surface area (Å²) in [4.78, 5) is 4.29. The van der Waals surface area contributed by atoms with Gasteiger partial charge < -0.3 is 9.80 Å². The summed E-state index contributed by atoms with van der Waals surface area (Å²) >= 11 is 0. The summed E-state index contributed by atoms with van der Waals surface area (Å²) in [7, 11) is 8.32. The van der Waals surface area contributed by atoms with Gasteiger partial charge in [0.2, 0.25) is 0 Å². The fourth-order valence-electron chi connectivity index (χ4n) is 3.04. The van der Waals surface area contributed by atoms with Crippen LogP contribution in [0.4, 0.5) is 11.4 Å². The molecule has 0 unspecified atom stereocenters. The smallest absolute Gasteiger partial charge is 0.0364 e. The van der Waals surface area contributed by atoms with E-state index < -0.39 is 0 Å². The van der Waals surface area contributed by atoms with Gasteiger partial charge in [-0.15, -0.1) is 0 Å². The summed E-state index contributed by atoms with van der Waals surface area (Å²) in [5.74, 6) is 0. The van der Waals surface area contributed by atoms with E-state index in [0.717, 1.165) is 6.42 Å². The molecule has 0 aliphatic rings. The first-order valence-corrected chi connectivity index (χ1v) is 8.66. The summed E-state index contributed by atoms with van der Waals surface area (Å²) in [6, 6.07) is 26.2. The molecule has 0 aliphatic carbocycles. The van der Waals surface area contributed by atoms with Crippen LogP contribution in [-0.2, 0) is 6.42 Å². The Balaban J connectivity index is 2.02. The lowest BCUT2D eigenvalue weighted by Gasteiger charge is -2.18. The average molecular weight is 330 g/mol. The topological polar surface area (TPSA) is 6.48 Å². The maximum absolute atomic E-state index is 2.31. The Labute approximate surface area is 151 Å². The maximum Gasteiger partial charge on any atom is 0.0364 e. The third-order valence-corrected chi connectivity index (χ3v) is 4.54. The zero-order valence-electron chi connectivity index (χ0n) is 15.5. The highest BCUT2D eigenvalue weighted by Crippen LogP contribution is 2.30. The minimum Gasteiger partial charge on any atom is -0.378 e. The predicted molar refractivity (Wildman–Crippen MR) is 110 cm³/mol. The lowest BCUT2D eigenvalue weighted by molar-refractivity contribution is 1.11. The van der Waals surface area contributed by atoms with Crippen LogP contribution in [0, 0.1) is 0 Å². The van der Waals surface area contributed by atoms with Gasteiger partial charge >= 0.3 is 0 Å². The molecule has 0 bridgehead atoms. The maximum atomic E-state index is 2.31. The Bertz CT molecular complexity index is 818. The van der Waals surface area contributed by atoms with E-state index in [9.17, 15) is 0 Å². The van der Waals surface area contributed by atoms with Crippen LogP contribution >= 0.6 is 0 Å². The molecule has 2 heteroatoms. The van der Waals surface area contributed by atoms with E-state index in [1.165, 1.54) is 33.6 Å². The average Bonchev–Trinajstić information content (AvgIpc) is 2.62. The van der Waals surface area contributed by atoms with Gasteiger partial charge in [0.25, 0.3) is 0 Å². The van der Waals surface area contributed by atoms with Gasteiger partial charge in [-0.2, -0.15) is 0 Å². The molecule has 0 N–H and O–H groups in total. The Morgan fingerprint density at radius 3 is 1.84 bits per heavy atom. The van der Waals surface area contributed by atoms with Gasteiger partial charge in [0, 0.05) is 39.6 Å². The molecule has 0 radical (unpaired) electrons. The van der Waals surface area contributed by atoms with Crippen molar-refractivity contribution in [3.05, 3.63) is 83.9 Å². The Morgan fingerprint density at radius 2 is 1.24 bits per heavy atom. The second-order valence-corrected chi connectivity index (χ2v) is 6.84. The third-order valence-electron chi connectivity index (χ3n) is 4.54. The van der Waals surface area contributed by atoms with Gasteiger partial charge in [-0.1, -0.05) is 48.5 Å². The molecular formula is C23H26N2. The molecule has 0 fully saturated rings. The lowest BCUT2D eigenvalue weighted by atomic mass is 9.94. The second-order valence-electron chi connectivity index (χ2n) is 6.84. The van der Waals surface area contributed by atoms with Crippen molar-refractivity contribution in [2.75, 3.05) is 38.0 Å². The molecule has 0 aliphatic heterocycles. The Kier molecular flexibility index (Phi) is 5.08. The fraction of sp³-hybridized carbons (Fsp3) is 0.217. The number of rotatable bonds is 5. The van der Waals surface area contributed by atoms with Crippen LogP contribution in [0.1, 0.15) is 11.1 Å². The van der Waals surface area contributed by atoms with Crippen molar-refractivity contribution in [2.45, 2.75) is 6.42 Å². The van der Waals surface area contributed by atoms with Crippen molar-refractivity contribution in [1.29, 1.82) is 0 Å². The van der Waals surface area contributed by atoms with Gasteiger partial charge in [0.1, 0.15) is 0 Å². The second kappa shape index (κ2) is 7.43. The van der Waals surface area contributed by atoms with Crippen LogP contribution in [0.15, 0.2) is 72.8 Å². The predicted octanol–water partition coefficient (Wildman–Crippen LogP) is 5.08. The fourth-order valence-corrected chi connectivity index (χ4v) is 3.04. The molecule has 0 heterocycles. The van der Waals surface area contributed by atoms with E-state index in [2.05, 4.69) is 111 Å². The van der Waals surface area contributed by atoms with Gasteiger partial charge in [0.15, 0.2) is 0 Å². The van der Waals surface area contributed by atoms with Crippen LogP contribution in [0.3, 0.4) is 0 Å². The highest BCUT2D eigenvalue weighted by molar-refractivity contribution is 5.72. The van der Waals surface area contributed by atoms with Crippen LogP contribution in [-0.4, -0.2) is 28.2 Å². The van der Waals surface area contributed by atoms with Gasteiger partial charge in [-0.3, -0.25) is 0 Å². The van der Waals surface area contributed by atoms with Crippen molar-refractivity contribution in [1.82, 2.24) is 0 Å². The van der Waals surface area contributed by atoms with Crippen molar-refractivity contribution < 1.29 is 0 Å². The zero-order valence-corrected chi connectivity index (χ0v) is 15.5. The van der Waals surface area contributed by atoms with Crippen molar-refractivity contribution in [3.8, 4) is 11.1 Å². The molecular weight excluding hydrogens is 304 g/mol. The van der Waals surface area contributed by atoms with E-state index in [4.69, 9.17) is 0 Å². The highest BCUT2D eigenvalue weighted by atomic mass is 15.1. The first-order valence-electron chi connectivity index (χ1n) is 8.66. The number of nitrogens with zero attached hydrogens (tertiary/aromatic N) is 2. The normalized spacial score (nSPS) is 10.6. The summed E-state index contributed by atoms with van der Waals surface area (Å²) in [6.45, 7) is 0. The van der Waals surface area contributed by atoms with Crippen LogP contribution in [0.25, 0.3) is 11.1 Å². The standard InChI is InChI=1S/C23H26N2/c1-24(2)21-12-10-19(11-13-21)23-15-14-22(25(3)4)17-20(23)16-18-8-6-5-7-9-18/h5-15,17H,16H2,1-4H3. The molecule has 128 valence electrons. The molecule has 3 aromatic carbocycles. The van der Waals surface area contributed by atoms with Gasteiger partial charge in [0.05, 0.1) is 0 Å². The SMILES string of the molecule is CN(C)c1ccc(-c2ccc(N(C)C)cc2Cc2ccccc2)cc1. The molecule has 0 saturated heterocycles. The zero-order chi connectivity index (χ0) is 17.8. The number of benzene rings is 3. The summed E-state index contributed by atoms with van der Waals surface area (Å²) in [5, 5.41) is 0. The van der Waals surface area contributed by atoms with Crippen LogP contribution in [0.2, 0.25) is 0 Å². The Morgan fingerprint density at radius 1 is 0.640 bits per heavy atom. The minimum absolute atomic E-state index is 0.938. The molecule has 0 saturated carbocycles. The van der Waals surface area contributed by atoms with Crippen molar-refractivity contribution in [3.63, 3.8) is 0 Å². The molecule has 0 spiro atoms. The molecule has 0 atom stereocenters. The molecule has 3 rings (SSSR count). The van der Waals surface area contributed by atoms with Crippen molar-refractivity contribution >= 4 is 11.4 Å². The van der Waals surface area contributed by atoms with E-state index in [-0.39, 0.29) is 0 Å². The third kappa shape index (κ3) is 4.03. The van der Waals surface area contributed by atoms with E-state index in [1.54, 1.807) is 0 Å². The van der Waals surface area contributed by atoms with Crippen LogP contribution in [0.5, 0.6) is 0 Å². The highest BCUT2D eigenvalue weighted by Gasteiger charge is 2.09. The molecule has 0 aromatic heterocycles. The number of hydrogen-bond acceptors (Lipinski definition) is 2. The lowest BCUT2D eigenvalue weighted by Crippen LogP contribution is -2.09. The van der Waals surface area contributed by atoms with E-state index >= 15 is 0 Å².